The van der Waals surface area contributed by atoms with Gasteiger partial charge in [-0.3, -0.25) is 9.48 Å². The van der Waals surface area contributed by atoms with Crippen molar-refractivity contribution in [1.29, 1.82) is 0 Å². The number of carbonyl (C=O) groups is 1. The van der Waals surface area contributed by atoms with Crippen molar-refractivity contribution in [3.63, 3.8) is 0 Å². The number of amides is 1. The molecule has 0 aliphatic heterocycles. The Labute approximate surface area is 156 Å². The van der Waals surface area contributed by atoms with Crippen molar-refractivity contribution in [3.8, 4) is 5.75 Å². The molecule has 0 radical (unpaired) electrons. The van der Waals surface area contributed by atoms with Crippen LogP contribution in [-0.2, 0) is 13.3 Å². The van der Waals surface area contributed by atoms with Crippen molar-refractivity contribution in [2.45, 2.75) is 26.6 Å². The lowest BCUT2D eigenvalue weighted by molar-refractivity contribution is 0.0945. The van der Waals surface area contributed by atoms with Crippen molar-refractivity contribution in [2.24, 2.45) is 0 Å². The lowest BCUT2D eigenvalue weighted by Gasteiger charge is -2.09. The Balaban J connectivity index is 1.45. The molecule has 0 saturated heterocycles. The van der Waals surface area contributed by atoms with E-state index < -0.39 is 0 Å². The summed E-state index contributed by atoms with van der Waals surface area (Å²) in [6.45, 7) is 3.46. The highest BCUT2D eigenvalue weighted by Crippen LogP contribution is 2.21. The standard InChI is InChI=1S/C18H20ClN5O2/c1-14-12-15(19)4-5-17(14)26-13-24-11-6-16(22-24)18(25)20-7-2-9-23-10-3-8-21-23/h3-6,8,10-12H,2,7,9,13H2,1H3,(H,20,25). The minimum Gasteiger partial charge on any atom is -0.471 e. The smallest absolute Gasteiger partial charge is 0.271 e. The fraction of sp³-hybridized carbons (Fsp3) is 0.278. The molecule has 2 heterocycles. The highest BCUT2D eigenvalue weighted by molar-refractivity contribution is 6.30. The quantitative estimate of drug-likeness (QED) is 0.616. The van der Waals surface area contributed by atoms with Gasteiger partial charge >= 0.3 is 0 Å². The van der Waals surface area contributed by atoms with E-state index in [1.54, 1.807) is 29.2 Å². The molecule has 26 heavy (non-hydrogen) atoms. The number of ether oxygens (including phenoxy) is 1. The Bertz CT molecular complexity index is 860. The van der Waals surface area contributed by atoms with Crippen LogP contribution in [-0.4, -0.2) is 32.0 Å². The predicted octanol–water partition coefficient (Wildman–Crippen LogP) is 2.90. The molecule has 0 aliphatic carbocycles. The van der Waals surface area contributed by atoms with Crippen molar-refractivity contribution in [2.75, 3.05) is 6.54 Å². The van der Waals surface area contributed by atoms with E-state index in [2.05, 4.69) is 15.5 Å². The van der Waals surface area contributed by atoms with Crippen molar-refractivity contribution >= 4 is 17.5 Å². The van der Waals surface area contributed by atoms with Gasteiger partial charge in [0.15, 0.2) is 6.73 Å². The van der Waals surface area contributed by atoms with Crippen molar-refractivity contribution in [3.05, 3.63) is 65.2 Å². The third kappa shape index (κ3) is 4.86. The maximum atomic E-state index is 12.1. The van der Waals surface area contributed by atoms with Crippen LogP contribution in [0.5, 0.6) is 5.75 Å². The van der Waals surface area contributed by atoms with E-state index in [9.17, 15) is 4.79 Å². The van der Waals surface area contributed by atoms with Crippen molar-refractivity contribution < 1.29 is 9.53 Å². The molecule has 8 heteroatoms. The fourth-order valence-corrected chi connectivity index (χ4v) is 2.66. The van der Waals surface area contributed by atoms with E-state index in [1.807, 2.05) is 36.0 Å². The van der Waals surface area contributed by atoms with Crippen LogP contribution in [0.2, 0.25) is 5.02 Å². The molecular formula is C18H20ClN5O2. The summed E-state index contributed by atoms with van der Waals surface area (Å²) < 4.78 is 9.12. The van der Waals surface area contributed by atoms with Gasteiger partial charge in [0.05, 0.1) is 0 Å². The molecule has 0 atom stereocenters. The van der Waals surface area contributed by atoms with Crippen LogP contribution in [0.25, 0.3) is 0 Å². The molecule has 0 aliphatic rings. The monoisotopic (exact) mass is 373 g/mol. The number of nitrogens with zero attached hydrogens (tertiary/aromatic N) is 4. The number of aryl methyl sites for hydroxylation is 2. The SMILES string of the molecule is Cc1cc(Cl)ccc1OCn1ccc(C(=O)NCCCn2cccn2)n1. The summed E-state index contributed by atoms with van der Waals surface area (Å²) in [5.41, 5.74) is 1.31. The summed E-state index contributed by atoms with van der Waals surface area (Å²) in [6, 6.07) is 8.96. The van der Waals surface area contributed by atoms with Gasteiger partial charge in [-0.25, -0.2) is 4.68 Å². The molecule has 0 saturated carbocycles. The van der Waals surface area contributed by atoms with Crippen LogP contribution in [0.4, 0.5) is 0 Å². The number of benzene rings is 1. The van der Waals surface area contributed by atoms with Gasteiger partial charge in [0.2, 0.25) is 0 Å². The molecule has 0 bridgehead atoms. The molecule has 0 spiro atoms. The largest absolute Gasteiger partial charge is 0.471 e. The molecule has 3 aromatic rings. The van der Waals surface area contributed by atoms with E-state index in [0.29, 0.717) is 17.3 Å². The maximum Gasteiger partial charge on any atom is 0.271 e. The zero-order chi connectivity index (χ0) is 18.4. The van der Waals surface area contributed by atoms with Crippen LogP contribution >= 0.6 is 11.6 Å². The number of hydrogen-bond donors (Lipinski definition) is 1. The predicted molar refractivity (Wildman–Crippen MR) is 98.2 cm³/mol. The number of hydrogen-bond acceptors (Lipinski definition) is 4. The summed E-state index contributed by atoms with van der Waals surface area (Å²) in [4.78, 5) is 12.1. The van der Waals surface area contributed by atoms with Gasteiger partial charge in [0.1, 0.15) is 11.4 Å². The Morgan fingerprint density at radius 1 is 1.27 bits per heavy atom. The summed E-state index contributed by atoms with van der Waals surface area (Å²) in [5.74, 6) is 0.529. The first-order valence-electron chi connectivity index (χ1n) is 8.30. The average molecular weight is 374 g/mol. The van der Waals surface area contributed by atoms with Crippen LogP contribution < -0.4 is 10.1 Å². The zero-order valence-electron chi connectivity index (χ0n) is 14.4. The van der Waals surface area contributed by atoms with Gasteiger partial charge in [0, 0.05) is 36.7 Å². The highest BCUT2D eigenvalue weighted by atomic mass is 35.5. The van der Waals surface area contributed by atoms with Gasteiger partial charge in [-0.05, 0) is 49.2 Å². The molecule has 3 rings (SSSR count). The van der Waals surface area contributed by atoms with Crippen LogP contribution in [0.3, 0.4) is 0 Å². The second kappa shape index (κ2) is 8.53. The second-order valence-electron chi connectivity index (χ2n) is 5.80. The molecule has 136 valence electrons. The molecule has 0 unspecified atom stereocenters. The van der Waals surface area contributed by atoms with Gasteiger partial charge in [-0.1, -0.05) is 11.6 Å². The first-order valence-corrected chi connectivity index (χ1v) is 8.67. The van der Waals surface area contributed by atoms with Gasteiger partial charge in [-0.15, -0.1) is 0 Å². The third-order valence-electron chi connectivity index (χ3n) is 3.77. The van der Waals surface area contributed by atoms with Gasteiger partial charge in [-0.2, -0.15) is 10.2 Å². The third-order valence-corrected chi connectivity index (χ3v) is 4.01. The topological polar surface area (TPSA) is 74.0 Å². The number of rotatable bonds is 8. The second-order valence-corrected chi connectivity index (χ2v) is 6.24. The first kappa shape index (κ1) is 18.0. The van der Waals surface area contributed by atoms with E-state index in [-0.39, 0.29) is 12.6 Å². The van der Waals surface area contributed by atoms with E-state index >= 15 is 0 Å². The van der Waals surface area contributed by atoms with E-state index in [1.165, 1.54) is 0 Å². The first-order chi connectivity index (χ1) is 12.6. The summed E-state index contributed by atoms with van der Waals surface area (Å²) in [6.07, 6.45) is 6.14. The fourth-order valence-electron chi connectivity index (χ4n) is 2.43. The van der Waals surface area contributed by atoms with E-state index in [4.69, 9.17) is 16.3 Å². The molecule has 1 amide bonds. The van der Waals surface area contributed by atoms with Crippen LogP contribution in [0.1, 0.15) is 22.5 Å². The van der Waals surface area contributed by atoms with Gasteiger partial charge in [0.25, 0.3) is 5.91 Å². The Morgan fingerprint density at radius 2 is 2.15 bits per heavy atom. The van der Waals surface area contributed by atoms with Crippen molar-refractivity contribution in [1.82, 2.24) is 24.9 Å². The lowest BCUT2D eigenvalue weighted by Crippen LogP contribution is -2.26. The Hall–Kier alpha value is -2.80. The molecule has 2 aromatic heterocycles. The van der Waals surface area contributed by atoms with Gasteiger partial charge < -0.3 is 10.1 Å². The normalized spacial score (nSPS) is 10.7. The summed E-state index contributed by atoms with van der Waals surface area (Å²) in [5, 5.41) is 11.9. The van der Waals surface area contributed by atoms with Crippen LogP contribution in [0, 0.1) is 6.92 Å². The molecule has 7 nitrogen and oxygen atoms in total. The number of carbonyl (C=O) groups excluding carboxylic acids is 1. The zero-order valence-corrected chi connectivity index (χ0v) is 15.2. The van der Waals surface area contributed by atoms with Crippen LogP contribution in [0.15, 0.2) is 48.9 Å². The Morgan fingerprint density at radius 3 is 2.92 bits per heavy atom. The lowest BCUT2D eigenvalue weighted by atomic mass is 10.2. The summed E-state index contributed by atoms with van der Waals surface area (Å²) in [7, 11) is 0. The molecule has 0 fully saturated rings. The average Bonchev–Trinajstić information content (AvgIpc) is 3.29. The minimum atomic E-state index is -0.202. The number of nitrogens with one attached hydrogen (secondary N) is 1. The Kier molecular flexibility index (Phi) is 5.91. The number of aromatic nitrogens is 4. The molecule has 1 aromatic carbocycles. The molecular weight excluding hydrogens is 354 g/mol. The maximum absolute atomic E-state index is 12.1. The number of halogens is 1. The molecule has 1 N–H and O–H groups in total. The summed E-state index contributed by atoms with van der Waals surface area (Å²) >= 11 is 5.93. The minimum absolute atomic E-state index is 0.202. The highest BCUT2D eigenvalue weighted by Gasteiger charge is 2.09. The van der Waals surface area contributed by atoms with E-state index in [0.717, 1.165) is 24.3 Å².